The SMILES string of the molecule is Cc1ccc2c(c1)C(=C(C#N)C#N)c1cc(C)cc(C)c1-2. The summed E-state index contributed by atoms with van der Waals surface area (Å²) in [6, 6.07) is 14.5. The van der Waals surface area contributed by atoms with Crippen molar-refractivity contribution < 1.29 is 0 Å². The third-order valence-corrected chi connectivity index (χ3v) is 3.94. The van der Waals surface area contributed by atoms with Crippen LogP contribution in [-0.4, -0.2) is 0 Å². The fourth-order valence-corrected chi connectivity index (χ4v) is 3.16. The Morgan fingerprint density at radius 1 is 0.810 bits per heavy atom. The number of benzene rings is 2. The smallest absolute Gasteiger partial charge is 0.138 e. The van der Waals surface area contributed by atoms with Gasteiger partial charge in [-0.05, 0) is 48.6 Å². The van der Waals surface area contributed by atoms with Crippen molar-refractivity contribution in [2.75, 3.05) is 0 Å². The van der Waals surface area contributed by atoms with Gasteiger partial charge in [-0.1, -0.05) is 41.5 Å². The van der Waals surface area contributed by atoms with Crippen LogP contribution in [0.3, 0.4) is 0 Å². The quantitative estimate of drug-likeness (QED) is 0.567. The first-order valence-corrected chi connectivity index (χ1v) is 6.84. The minimum Gasteiger partial charge on any atom is -0.192 e. The molecule has 2 aromatic rings. The number of aryl methyl sites for hydroxylation is 3. The van der Waals surface area contributed by atoms with Gasteiger partial charge < -0.3 is 0 Å². The molecular formula is C19H14N2. The van der Waals surface area contributed by atoms with E-state index >= 15 is 0 Å². The summed E-state index contributed by atoms with van der Waals surface area (Å²) in [6.07, 6.45) is 0. The van der Waals surface area contributed by atoms with Crippen LogP contribution in [0.15, 0.2) is 35.9 Å². The molecular weight excluding hydrogens is 256 g/mol. The fraction of sp³-hybridized carbons (Fsp3) is 0.158. The molecule has 2 nitrogen and oxygen atoms in total. The van der Waals surface area contributed by atoms with E-state index in [2.05, 4.69) is 49.4 Å². The summed E-state index contributed by atoms with van der Waals surface area (Å²) in [7, 11) is 0. The summed E-state index contributed by atoms with van der Waals surface area (Å²) in [5.41, 5.74) is 8.68. The van der Waals surface area contributed by atoms with Crippen molar-refractivity contribution in [1.29, 1.82) is 10.5 Å². The van der Waals surface area contributed by atoms with E-state index in [1.54, 1.807) is 0 Å². The lowest BCUT2D eigenvalue weighted by atomic mass is 9.96. The molecule has 0 saturated heterocycles. The summed E-state index contributed by atoms with van der Waals surface area (Å²) >= 11 is 0. The molecule has 21 heavy (non-hydrogen) atoms. The Balaban J connectivity index is 2.52. The largest absolute Gasteiger partial charge is 0.192 e. The zero-order valence-corrected chi connectivity index (χ0v) is 12.3. The Bertz CT molecular complexity index is 871. The molecule has 0 heterocycles. The van der Waals surface area contributed by atoms with Gasteiger partial charge in [-0.2, -0.15) is 10.5 Å². The lowest BCUT2D eigenvalue weighted by Crippen LogP contribution is -1.89. The van der Waals surface area contributed by atoms with Crippen LogP contribution < -0.4 is 0 Å². The number of hydrogen-bond acceptors (Lipinski definition) is 2. The van der Waals surface area contributed by atoms with Crippen LogP contribution in [0, 0.1) is 43.4 Å². The molecule has 0 unspecified atom stereocenters. The number of hydrogen-bond donors (Lipinski definition) is 0. The molecule has 0 aliphatic heterocycles. The van der Waals surface area contributed by atoms with Gasteiger partial charge in [-0.15, -0.1) is 0 Å². The van der Waals surface area contributed by atoms with E-state index in [1.165, 1.54) is 5.56 Å². The van der Waals surface area contributed by atoms with E-state index < -0.39 is 0 Å². The van der Waals surface area contributed by atoms with Crippen molar-refractivity contribution in [3.05, 3.63) is 63.7 Å². The number of rotatable bonds is 0. The molecule has 0 bridgehead atoms. The lowest BCUT2D eigenvalue weighted by Gasteiger charge is -2.07. The minimum absolute atomic E-state index is 0.186. The molecule has 0 N–H and O–H groups in total. The van der Waals surface area contributed by atoms with E-state index in [0.29, 0.717) is 0 Å². The average Bonchev–Trinajstić information content (AvgIpc) is 2.74. The molecule has 2 heteroatoms. The maximum Gasteiger partial charge on any atom is 0.138 e. The average molecular weight is 270 g/mol. The van der Waals surface area contributed by atoms with Gasteiger partial charge >= 0.3 is 0 Å². The van der Waals surface area contributed by atoms with Crippen LogP contribution in [0.4, 0.5) is 0 Å². The van der Waals surface area contributed by atoms with Gasteiger partial charge in [0.2, 0.25) is 0 Å². The molecule has 1 aliphatic carbocycles. The van der Waals surface area contributed by atoms with Gasteiger partial charge in [0.25, 0.3) is 0 Å². The van der Waals surface area contributed by atoms with Crippen LogP contribution >= 0.6 is 0 Å². The second-order valence-corrected chi connectivity index (χ2v) is 5.53. The van der Waals surface area contributed by atoms with Crippen LogP contribution in [-0.2, 0) is 0 Å². The fourth-order valence-electron chi connectivity index (χ4n) is 3.16. The topological polar surface area (TPSA) is 47.6 Å². The molecule has 0 saturated carbocycles. The van der Waals surface area contributed by atoms with Crippen molar-refractivity contribution in [3.63, 3.8) is 0 Å². The Labute approximate surface area is 124 Å². The van der Waals surface area contributed by atoms with Crippen LogP contribution in [0.1, 0.15) is 27.8 Å². The van der Waals surface area contributed by atoms with Gasteiger partial charge in [-0.3, -0.25) is 0 Å². The van der Waals surface area contributed by atoms with Crippen molar-refractivity contribution in [2.45, 2.75) is 20.8 Å². The highest BCUT2D eigenvalue weighted by molar-refractivity contribution is 6.05. The van der Waals surface area contributed by atoms with Gasteiger partial charge in [0.05, 0.1) is 0 Å². The van der Waals surface area contributed by atoms with Crippen molar-refractivity contribution in [3.8, 4) is 23.3 Å². The molecule has 100 valence electrons. The van der Waals surface area contributed by atoms with Gasteiger partial charge in [0, 0.05) is 5.57 Å². The van der Waals surface area contributed by atoms with E-state index in [1.807, 2.05) is 13.8 Å². The highest BCUT2D eigenvalue weighted by Crippen LogP contribution is 2.47. The zero-order valence-electron chi connectivity index (χ0n) is 12.3. The monoisotopic (exact) mass is 270 g/mol. The lowest BCUT2D eigenvalue weighted by molar-refractivity contribution is 1.38. The Kier molecular flexibility index (Phi) is 2.89. The Hall–Kier alpha value is -2.84. The van der Waals surface area contributed by atoms with Crippen molar-refractivity contribution in [2.24, 2.45) is 0 Å². The summed E-state index contributed by atoms with van der Waals surface area (Å²) in [5, 5.41) is 18.6. The summed E-state index contributed by atoms with van der Waals surface area (Å²) < 4.78 is 0. The molecule has 0 fully saturated rings. The normalized spacial score (nSPS) is 11.4. The number of fused-ring (bicyclic) bond motifs is 3. The van der Waals surface area contributed by atoms with Crippen molar-refractivity contribution in [1.82, 2.24) is 0 Å². The third kappa shape index (κ3) is 1.85. The Morgan fingerprint density at radius 2 is 1.48 bits per heavy atom. The first kappa shape index (κ1) is 13.2. The van der Waals surface area contributed by atoms with Crippen LogP contribution in [0.5, 0.6) is 0 Å². The highest BCUT2D eigenvalue weighted by atomic mass is 14.3. The van der Waals surface area contributed by atoms with E-state index in [9.17, 15) is 10.5 Å². The molecule has 1 aliphatic rings. The predicted octanol–water partition coefficient (Wildman–Crippen LogP) is 4.44. The molecule has 0 spiro atoms. The molecule has 3 rings (SSSR count). The van der Waals surface area contributed by atoms with Gasteiger partial charge in [-0.25, -0.2) is 0 Å². The van der Waals surface area contributed by atoms with E-state index in [4.69, 9.17) is 0 Å². The van der Waals surface area contributed by atoms with Gasteiger partial charge in [0.15, 0.2) is 0 Å². The predicted molar refractivity (Wildman–Crippen MR) is 83.3 cm³/mol. The summed E-state index contributed by atoms with van der Waals surface area (Å²) in [5.74, 6) is 0. The molecule has 0 amide bonds. The maximum atomic E-state index is 9.32. The number of nitriles is 2. The first-order valence-electron chi connectivity index (χ1n) is 6.84. The molecule has 0 aromatic heterocycles. The minimum atomic E-state index is 0.186. The second-order valence-electron chi connectivity index (χ2n) is 5.53. The molecule has 2 aromatic carbocycles. The highest BCUT2D eigenvalue weighted by Gasteiger charge is 2.28. The van der Waals surface area contributed by atoms with Crippen LogP contribution in [0.25, 0.3) is 16.7 Å². The van der Waals surface area contributed by atoms with E-state index in [0.717, 1.165) is 39.0 Å². The number of nitrogens with zero attached hydrogens (tertiary/aromatic N) is 2. The maximum absolute atomic E-state index is 9.32. The number of allylic oxidation sites excluding steroid dienone is 1. The second kappa shape index (κ2) is 4.62. The Morgan fingerprint density at radius 3 is 2.14 bits per heavy atom. The molecule has 0 radical (unpaired) electrons. The third-order valence-electron chi connectivity index (χ3n) is 3.94. The summed E-state index contributed by atoms with van der Waals surface area (Å²) in [4.78, 5) is 0. The van der Waals surface area contributed by atoms with E-state index in [-0.39, 0.29) is 5.57 Å². The standard InChI is InChI=1S/C19H14N2/c1-11-4-5-15-16(7-11)19(14(9-20)10-21)17-8-12(2)6-13(3)18(15)17/h4-8H,1-3H3. The van der Waals surface area contributed by atoms with Gasteiger partial charge in [0.1, 0.15) is 17.7 Å². The zero-order chi connectivity index (χ0) is 15.1. The molecule has 0 atom stereocenters. The van der Waals surface area contributed by atoms with Crippen molar-refractivity contribution >= 4 is 5.57 Å². The first-order chi connectivity index (χ1) is 10.1. The summed E-state index contributed by atoms with van der Waals surface area (Å²) in [6.45, 7) is 6.14. The van der Waals surface area contributed by atoms with Crippen LogP contribution in [0.2, 0.25) is 0 Å².